The number of carbonyl (C=O) groups is 1. The Morgan fingerprint density at radius 1 is 1.28 bits per heavy atom. The largest absolute Gasteiger partial charge is 0.494 e. The highest BCUT2D eigenvalue weighted by molar-refractivity contribution is 7.71. The van der Waals surface area contributed by atoms with Crippen molar-refractivity contribution in [3.63, 3.8) is 0 Å². The minimum atomic E-state index is -0.138. The normalized spacial score (nSPS) is 11.0. The quantitative estimate of drug-likeness (QED) is 0.442. The van der Waals surface area contributed by atoms with Crippen LogP contribution in [0.3, 0.4) is 0 Å². The van der Waals surface area contributed by atoms with E-state index in [-0.39, 0.29) is 12.3 Å². The number of amides is 1. The van der Waals surface area contributed by atoms with Crippen LogP contribution in [0.4, 0.5) is 5.13 Å². The van der Waals surface area contributed by atoms with Crippen LogP contribution in [0.15, 0.2) is 42.5 Å². The van der Waals surface area contributed by atoms with E-state index in [1.807, 2.05) is 54.0 Å². The fraction of sp³-hybridized carbons (Fsp3) is 0.200. The third-order valence-electron chi connectivity index (χ3n) is 4.48. The Bertz CT molecular complexity index is 1220. The first-order valence-electron chi connectivity index (χ1n) is 9.01. The van der Waals surface area contributed by atoms with Gasteiger partial charge < -0.3 is 10.1 Å². The first kappa shape index (κ1) is 19.3. The standard InChI is InChI=1S/C20H19N5O2S2/c1-12-6-8-13(9-7-12)18-23-24-20(28)25(18)11-10-16(26)21-19-22-17-14(27-2)4-3-5-15(17)29-19/h3-9H,10-11H2,1-2H3,(H,24,28)(H,21,22,26). The van der Waals surface area contributed by atoms with Gasteiger partial charge in [0.15, 0.2) is 15.7 Å². The van der Waals surface area contributed by atoms with Crippen LogP contribution in [-0.2, 0) is 11.3 Å². The van der Waals surface area contributed by atoms with Gasteiger partial charge in [0.1, 0.15) is 11.3 Å². The number of H-pyrrole nitrogens is 1. The number of benzene rings is 2. The lowest BCUT2D eigenvalue weighted by Crippen LogP contribution is -2.15. The van der Waals surface area contributed by atoms with E-state index >= 15 is 0 Å². The molecular formula is C20H19N5O2S2. The predicted molar refractivity (Wildman–Crippen MR) is 117 cm³/mol. The second-order valence-corrected chi connectivity index (χ2v) is 7.91. The summed E-state index contributed by atoms with van der Waals surface area (Å²) in [5, 5.41) is 10.5. The Hall–Kier alpha value is -3.04. The smallest absolute Gasteiger partial charge is 0.227 e. The monoisotopic (exact) mass is 425 g/mol. The summed E-state index contributed by atoms with van der Waals surface area (Å²) in [6.07, 6.45) is 0.250. The van der Waals surface area contributed by atoms with Gasteiger partial charge in [0.05, 0.1) is 11.8 Å². The van der Waals surface area contributed by atoms with Crippen molar-refractivity contribution >= 4 is 44.8 Å². The third kappa shape index (κ3) is 4.06. The average Bonchev–Trinajstić information content (AvgIpc) is 3.29. The molecule has 0 radical (unpaired) electrons. The van der Waals surface area contributed by atoms with Crippen molar-refractivity contribution in [1.82, 2.24) is 19.7 Å². The number of methoxy groups -OCH3 is 1. The van der Waals surface area contributed by atoms with Crippen molar-refractivity contribution in [2.45, 2.75) is 19.9 Å². The van der Waals surface area contributed by atoms with Crippen molar-refractivity contribution in [3.05, 3.63) is 52.8 Å². The molecule has 7 nitrogen and oxygen atoms in total. The zero-order chi connectivity index (χ0) is 20.4. The average molecular weight is 426 g/mol. The van der Waals surface area contributed by atoms with Crippen LogP contribution in [-0.4, -0.2) is 32.8 Å². The highest BCUT2D eigenvalue weighted by Gasteiger charge is 2.13. The summed E-state index contributed by atoms with van der Waals surface area (Å²) in [5.41, 5.74) is 2.86. The molecule has 2 N–H and O–H groups in total. The molecule has 4 aromatic rings. The number of nitrogens with one attached hydrogen (secondary N) is 2. The van der Waals surface area contributed by atoms with Gasteiger partial charge in [0.2, 0.25) is 5.91 Å². The molecule has 0 spiro atoms. The Morgan fingerprint density at radius 3 is 2.83 bits per heavy atom. The minimum absolute atomic E-state index is 0.138. The van der Waals surface area contributed by atoms with E-state index in [1.165, 1.54) is 16.9 Å². The number of ether oxygens (including phenoxy) is 1. The number of hydrogen-bond acceptors (Lipinski definition) is 6. The van der Waals surface area contributed by atoms with Crippen LogP contribution in [0.2, 0.25) is 0 Å². The van der Waals surface area contributed by atoms with Crippen molar-refractivity contribution < 1.29 is 9.53 Å². The summed E-state index contributed by atoms with van der Waals surface area (Å²) in [4.78, 5) is 17.0. The lowest BCUT2D eigenvalue weighted by molar-refractivity contribution is -0.116. The predicted octanol–water partition coefficient (Wildman–Crippen LogP) is 4.56. The van der Waals surface area contributed by atoms with Gasteiger partial charge in [0, 0.05) is 18.5 Å². The van der Waals surface area contributed by atoms with Crippen molar-refractivity contribution in [1.29, 1.82) is 0 Å². The van der Waals surface area contributed by atoms with E-state index in [0.717, 1.165) is 15.8 Å². The summed E-state index contributed by atoms with van der Waals surface area (Å²) < 4.78 is 8.60. The molecule has 0 aliphatic carbocycles. The molecular weight excluding hydrogens is 406 g/mol. The number of hydrogen-bond donors (Lipinski definition) is 2. The first-order chi connectivity index (χ1) is 14.0. The summed E-state index contributed by atoms with van der Waals surface area (Å²) in [6.45, 7) is 2.45. The van der Waals surface area contributed by atoms with Crippen LogP contribution < -0.4 is 10.1 Å². The van der Waals surface area contributed by atoms with Crippen LogP contribution in [0, 0.1) is 11.7 Å². The molecule has 0 fully saturated rings. The van der Waals surface area contributed by atoms with Gasteiger partial charge in [-0.2, -0.15) is 5.10 Å². The zero-order valence-corrected chi connectivity index (χ0v) is 17.6. The lowest BCUT2D eigenvalue weighted by atomic mass is 10.1. The van der Waals surface area contributed by atoms with E-state index < -0.39 is 0 Å². The van der Waals surface area contributed by atoms with E-state index in [9.17, 15) is 4.79 Å². The van der Waals surface area contributed by atoms with Crippen molar-refractivity contribution in [2.75, 3.05) is 12.4 Å². The Labute approximate surface area is 176 Å². The van der Waals surface area contributed by atoms with Crippen LogP contribution in [0.1, 0.15) is 12.0 Å². The Balaban J connectivity index is 1.47. The van der Waals surface area contributed by atoms with Gasteiger partial charge in [-0.15, -0.1) is 0 Å². The molecule has 0 unspecified atom stereocenters. The van der Waals surface area contributed by atoms with Crippen LogP contribution in [0.5, 0.6) is 5.75 Å². The summed E-state index contributed by atoms with van der Waals surface area (Å²) in [7, 11) is 1.60. The lowest BCUT2D eigenvalue weighted by Gasteiger charge is -2.07. The summed E-state index contributed by atoms with van der Waals surface area (Å²) in [6, 6.07) is 13.7. The molecule has 9 heteroatoms. The number of fused-ring (bicyclic) bond motifs is 1. The molecule has 0 saturated carbocycles. The molecule has 2 aromatic heterocycles. The first-order valence-corrected chi connectivity index (χ1v) is 10.2. The Morgan fingerprint density at radius 2 is 2.07 bits per heavy atom. The summed E-state index contributed by atoms with van der Waals surface area (Å²) in [5.74, 6) is 1.26. The van der Waals surface area contributed by atoms with E-state index in [0.29, 0.717) is 28.0 Å². The van der Waals surface area contributed by atoms with E-state index in [4.69, 9.17) is 17.0 Å². The zero-order valence-electron chi connectivity index (χ0n) is 15.9. The Kier molecular flexibility index (Phi) is 5.41. The molecule has 0 atom stereocenters. The van der Waals surface area contributed by atoms with Gasteiger partial charge in [-0.3, -0.25) is 14.5 Å². The van der Waals surface area contributed by atoms with Crippen LogP contribution >= 0.6 is 23.6 Å². The van der Waals surface area contributed by atoms with Gasteiger partial charge in [-0.05, 0) is 31.3 Å². The molecule has 2 heterocycles. The van der Waals surface area contributed by atoms with Crippen molar-refractivity contribution in [3.8, 4) is 17.1 Å². The topological polar surface area (TPSA) is 84.8 Å². The number of aryl methyl sites for hydroxylation is 1. The molecule has 0 aliphatic heterocycles. The highest BCUT2D eigenvalue weighted by Crippen LogP contribution is 2.32. The molecule has 0 saturated heterocycles. The number of rotatable bonds is 6. The van der Waals surface area contributed by atoms with E-state index in [1.54, 1.807) is 7.11 Å². The number of anilines is 1. The molecule has 1 amide bonds. The number of aromatic amines is 1. The fourth-order valence-electron chi connectivity index (χ4n) is 2.98. The number of para-hydroxylation sites is 1. The van der Waals surface area contributed by atoms with Crippen LogP contribution in [0.25, 0.3) is 21.6 Å². The minimum Gasteiger partial charge on any atom is -0.494 e. The maximum absolute atomic E-state index is 12.5. The second-order valence-electron chi connectivity index (χ2n) is 6.49. The third-order valence-corrected chi connectivity index (χ3v) is 5.73. The molecule has 2 aromatic carbocycles. The van der Waals surface area contributed by atoms with Crippen molar-refractivity contribution in [2.24, 2.45) is 0 Å². The summed E-state index contributed by atoms with van der Waals surface area (Å²) >= 11 is 6.75. The maximum atomic E-state index is 12.5. The van der Waals surface area contributed by atoms with E-state index in [2.05, 4.69) is 20.5 Å². The van der Waals surface area contributed by atoms with Gasteiger partial charge in [-0.1, -0.05) is 47.2 Å². The SMILES string of the molecule is COc1cccc2sc(NC(=O)CCn3c(-c4ccc(C)cc4)n[nH]c3=S)nc12. The van der Waals surface area contributed by atoms with Gasteiger partial charge >= 0.3 is 0 Å². The number of aromatic nitrogens is 4. The highest BCUT2D eigenvalue weighted by atomic mass is 32.1. The molecule has 0 bridgehead atoms. The fourth-order valence-corrected chi connectivity index (χ4v) is 4.11. The molecule has 148 valence electrons. The van der Waals surface area contributed by atoms with Gasteiger partial charge in [0.25, 0.3) is 0 Å². The molecule has 29 heavy (non-hydrogen) atoms. The maximum Gasteiger partial charge on any atom is 0.227 e. The number of thiazole rings is 1. The van der Waals surface area contributed by atoms with Gasteiger partial charge in [-0.25, -0.2) is 4.98 Å². The molecule has 0 aliphatic rings. The molecule has 4 rings (SSSR count). The second kappa shape index (κ2) is 8.14. The number of carbonyl (C=O) groups excluding carboxylic acids is 1. The number of nitrogens with zero attached hydrogens (tertiary/aromatic N) is 3.